The number of benzene rings is 2. The van der Waals surface area contributed by atoms with Crippen LogP contribution in [0.4, 0.5) is 4.39 Å². The standard InChI is InChI=1S/C24H22FN5O/c25-18-8-6-17(7-9-18)24(11-14-26-15-12-24)22-28-16-21(29-22)20-10-13-27-23(30-20)31-19-4-2-1-3-5-19/h1-10,13,16,26H,11-12,14-15H2,(H,28,29). The third-order valence-electron chi connectivity index (χ3n) is 5.74. The van der Waals surface area contributed by atoms with E-state index in [4.69, 9.17) is 9.72 Å². The van der Waals surface area contributed by atoms with Crippen molar-refractivity contribution in [2.75, 3.05) is 13.1 Å². The molecule has 0 spiro atoms. The van der Waals surface area contributed by atoms with Gasteiger partial charge in [0.25, 0.3) is 0 Å². The molecular weight excluding hydrogens is 393 g/mol. The largest absolute Gasteiger partial charge is 0.424 e. The van der Waals surface area contributed by atoms with Crippen molar-refractivity contribution >= 4 is 0 Å². The fourth-order valence-electron chi connectivity index (χ4n) is 4.11. The Morgan fingerprint density at radius 1 is 0.903 bits per heavy atom. The first-order chi connectivity index (χ1) is 15.2. The summed E-state index contributed by atoms with van der Waals surface area (Å²) >= 11 is 0. The molecule has 0 unspecified atom stereocenters. The number of piperidine rings is 1. The van der Waals surface area contributed by atoms with Gasteiger partial charge in [0.05, 0.1) is 23.0 Å². The van der Waals surface area contributed by atoms with E-state index in [1.54, 1.807) is 12.4 Å². The number of rotatable bonds is 5. The van der Waals surface area contributed by atoms with Crippen LogP contribution in [-0.2, 0) is 5.41 Å². The first-order valence-corrected chi connectivity index (χ1v) is 10.3. The van der Waals surface area contributed by atoms with Crippen LogP contribution in [0.1, 0.15) is 24.2 Å². The molecule has 0 atom stereocenters. The van der Waals surface area contributed by atoms with Crippen LogP contribution in [0.3, 0.4) is 0 Å². The van der Waals surface area contributed by atoms with Crippen molar-refractivity contribution in [3.05, 3.63) is 90.3 Å². The first kappa shape index (κ1) is 19.4. The normalized spacial score (nSPS) is 15.5. The second kappa shape index (κ2) is 8.28. The average Bonchev–Trinajstić information content (AvgIpc) is 3.32. The molecule has 2 aromatic carbocycles. The van der Waals surface area contributed by atoms with E-state index in [1.165, 1.54) is 12.1 Å². The zero-order chi connectivity index (χ0) is 21.1. The van der Waals surface area contributed by atoms with E-state index in [9.17, 15) is 4.39 Å². The van der Waals surface area contributed by atoms with E-state index in [0.29, 0.717) is 11.4 Å². The minimum Gasteiger partial charge on any atom is -0.424 e. The molecule has 7 heteroatoms. The molecule has 6 nitrogen and oxygen atoms in total. The number of halogens is 1. The molecule has 0 bridgehead atoms. The van der Waals surface area contributed by atoms with Gasteiger partial charge in [-0.3, -0.25) is 0 Å². The lowest BCUT2D eigenvalue weighted by Crippen LogP contribution is -2.41. The predicted octanol–water partition coefficient (Wildman–Crippen LogP) is 4.47. The van der Waals surface area contributed by atoms with Crippen LogP contribution in [-0.4, -0.2) is 33.0 Å². The smallest absolute Gasteiger partial charge is 0.322 e. The molecule has 1 aliphatic heterocycles. The van der Waals surface area contributed by atoms with Crippen molar-refractivity contribution in [2.45, 2.75) is 18.3 Å². The summed E-state index contributed by atoms with van der Waals surface area (Å²) in [6.07, 6.45) is 5.20. The summed E-state index contributed by atoms with van der Waals surface area (Å²) in [5.41, 5.74) is 2.25. The summed E-state index contributed by atoms with van der Waals surface area (Å²) in [5.74, 6) is 1.30. The van der Waals surface area contributed by atoms with Gasteiger partial charge >= 0.3 is 6.01 Å². The molecule has 2 aromatic heterocycles. The van der Waals surface area contributed by atoms with E-state index in [0.717, 1.165) is 43.0 Å². The van der Waals surface area contributed by atoms with E-state index in [1.807, 2.05) is 48.5 Å². The number of aromatic amines is 1. The monoisotopic (exact) mass is 415 g/mol. The quantitative estimate of drug-likeness (QED) is 0.503. The topological polar surface area (TPSA) is 75.7 Å². The van der Waals surface area contributed by atoms with Gasteiger partial charge in [0.1, 0.15) is 17.4 Å². The minimum atomic E-state index is -0.298. The Balaban J connectivity index is 1.47. The van der Waals surface area contributed by atoms with Gasteiger partial charge in [-0.1, -0.05) is 30.3 Å². The Labute approximate surface area is 179 Å². The van der Waals surface area contributed by atoms with Crippen LogP contribution in [0.2, 0.25) is 0 Å². The Morgan fingerprint density at radius 2 is 1.68 bits per heavy atom. The summed E-state index contributed by atoms with van der Waals surface area (Å²) in [6, 6.07) is 18.3. The fourth-order valence-corrected chi connectivity index (χ4v) is 4.11. The maximum Gasteiger partial charge on any atom is 0.322 e. The van der Waals surface area contributed by atoms with Gasteiger partial charge in [-0.2, -0.15) is 4.98 Å². The number of hydrogen-bond acceptors (Lipinski definition) is 5. The van der Waals surface area contributed by atoms with Gasteiger partial charge in [-0.05, 0) is 61.8 Å². The summed E-state index contributed by atoms with van der Waals surface area (Å²) in [7, 11) is 0. The molecule has 31 heavy (non-hydrogen) atoms. The number of H-pyrrole nitrogens is 1. The third kappa shape index (κ3) is 3.92. The van der Waals surface area contributed by atoms with E-state index in [-0.39, 0.29) is 17.2 Å². The van der Waals surface area contributed by atoms with Crippen molar-refractivity contribution in [1.29, 1.82) is 0 Å². The number of hydrogen-bond donors (Lipinski definition) is 2. The molecule has 0 saturated carbocycles. The first-order valence-electron chi connectivity index (χ1n) is 10.3. The number of nitrogens with zero attached hydrogens (tertiary/aromatic N) is 3. The average molecular weight is 415 g/mol. The van der Waals surface area contributed by atoms with Gasteiger partial charge < -0.3 is 15.0 Å². The van der Waals surface area contributed by atoms with E-state index in [2.05, 4.69) is 20.3 Å². The van der Waals surface area contributed by atoms with Gasteiger partial charge in [0.2, 0.25) is 0 Å². The zero-order valence-corrected chi connectivity index (χ0v) is 16.9. The zero-order valence-electron chi connectivity index (χ0n) is 16.9. The lowest BCUT2D eigenvalue weighted by Gasteiger charge is -2.36. The Bertz CT molecular complexity index is 1150. The van der Waals surface area contributed by atoms with Crippen LogP contribution in [0.5, 0.6) is 11.8 Å². The second-order valence-corrected chi connectivity index (χ2v) is 7.62. The minimum absolute atomic E-state index is 0.236. The summed E-state index contributed by atoms with van der Waals surface area (Å²) in [6.45, 7) is 1.74. The SMILES string of the molecule is Fc1ccc(C2(c3ncc(-c4ccnc(Oc5ccccc5)n4)[nH]3)CCNCC2)cc1. The number of ether oxygens (including phenoxy) is 1. The van der Waals surface area contributed by atoms with Crippen LogP contribution < -0.4 is 10.1 Å². The highest BCUT2D eigenvalue weighted by Gasteiger charge is 2.38. The number of para-hydroxylation sites is 1. The molecule has 4 aromatic rings. The molecule has 3 heterocycles. The molecule has 1 aliphatic rings. The van der Waals surface area contributed by atoms with Crippen molar-refractivity contribution in [3.8, 4) is 23.1 Å². The van der Waals surface area contributed by atoms with E-state index >= 15 is 0 Å². The number of nitrogens with one attached hydrogen (secondary N) is 2. The highest BCUT2D eigenvalue weighted by molar-refractivity contribution is 5.54. The lowest BCUT2D eigenvalue weighted by atomic mass is 9.72. The Morgan fingerprint density at radius 3 is 2.45 bits per heavy atom. The highest BCUT2D eigenvalue weighted by atomic mass is 19.1. The van der Waals surface area contributed by atoms with Crippen molar-refractivity contribution in [1.82, 2.24) is 25.3 Å². The summed E-state index contributed by atoms with van der Waals surface area (Å²) in [4.78, 5) is 16.9. The molecule has 2 N–H and O–H groups in total. The molecule has 0 amide bonds. The van der Waals surface area contributed by atoms with Gasteiger partial charge in [-0.15, -0.1) is 0 Å². The van der Waals surface area contributed by atoms with E-state index < -0.39 is 0 Å². The number of imidazole rings is 1. The van der Waals surface area contributed by atoms with Crippen LogP contribution in [0, 0.1) is 5.82 Å². The highest BCUT2D eigenvalue weighted by Crippen LogP contribution is 2.39. The Hall–Kier alpha value is -3.58. The van der Waals surface area contributed by atoms with Crippen molar-refractivity contribution in [2.24, 2.45) is 0 Å². The maximum absolute atomic E-state index is 13.5. The number of aromatic nitrogens is 4. The van der Waals surface area contributed by atoms with Crippen molar-refractivity contribution in [3.63, 3.8) is 0 Å². The lowest BCUT2D eigenvalue weighted by molar-refractivity contribution is 0.347. The Kier molecular flexibility index (Phi) is 5.18. The second-order valence-electron chi connectivity index (χ2n) is 7.62. The van der Waals surface area contributed by atoms with Crippen LogP contribution in [0.15, 0.2) is 73.1 Å². The molecule has 0 radical (unpaired) electrons. The van der Waals surface area contributed by atoms with Gasteiger partial charge in [0.15, 0.2) is 0 Å². The molecule has 5 rings (SSSR count). The van der Waals surface area contributed by atoms with Gasteiger partial charge in [-0.25, -0.2) is 14.4 Å². The fraction of sp³-hybridized carbons (Fsp3) is 0.208. The van der Waals surface area contributed by atoms with Crippen molar-refractivity contribution < 1.29 is 9.13 Å². The third-order valence-corrected chi connectivity index (χ3v) is 5.74. The molecule has 0 aliphatic carbocycles. The predicted molar refractivity (Wildman–Crippen MR) is 115 cm³/mol. The molecule has 1 saturated heterocycles. The van der Waals surface area contributed by atoms with Gasteiger partial charge in [0, 0.05) is 6.20 Å². The van der Waals surface area contributed by atoms with Crippen LogP contribution >= 0.6 is 0 Å². The van der Waals surface area contributed by atoms with Crippen LogP contribution in [0.25, 0.3) is 11.4 Å². The maximum atomic E-state index is 13.5. The summed E-state index contributed by atoms with van der Waals surface area (Å²) < 4.78 is 19.3. The molecule has 1 fully saturated rings. The molecule has 156 valence electrons. The summed E-state index contributed by atoms with van der Waals surface area (Å²) in [5, 5.41) is 3.41. The molecular formula is C24H22FN5O.